The van der Waals surface area contributed by atoms with Crippen LogP contribution in [-0.2, 0) is 21.2 Å². The summed E-state index contributed by atoms with van der Waals surface area (Å²) in [4.78, 5) is 11.4. The predicted octanol–water partition coefficient (Wildman–Crippen LogP) is 2.31. The molecule has 0 aliphatic rings. The minimum Gasteiger partial charge on any atom is -0.265 e. The van der Waals surface area contributed by atoms with Crippen LogP contribution in [0, 0.1) is 0 Å². The number of hydrogen-bond donors (Lipinski definition) is 2. The van der Waals surface area contributed by atoms with Gasteiger partial charge in [-0.05, 0) is 36.4 Å². The first-order chi connectivity index (χ1) is 11.0. The normalized spacial score (nSPS) is 8.42. The summed E-state index contributed by atoms with van der Waals surface area (Å²) in [5, 5.41) is 0. The van der Waals surface area contributed by atoms with Crippen LogP contribution >= 0.6 is 12.4 Å². The van der Waals surface area contributed by atoms with Gasteiger partial charge in [0.25, 0.3) is 0 Å². The fourth-order valence-electron chi connectivity index (χ4n) is 0.938. The van der Waals surface area contributed by atoms with Crippen LogP contribution < -0.4 is 0 Å². The molecular formula is C15H18ClCrN3O4. The topological polar surface area (TPSA) is 113 Å². The van der Waals surface area contributed by atoms with Crippen LogP contribution in [-0.4, -0.2) is 23.3 Å². The Morgan fingerprint density at radius 3 is 0.708 bits per heavy atom. The van der Waals surface area contributed by atoms with E-state index in [0.717, 1.165) is 0 Å². The Hall–Kier alpha value is -2.21. The van der Waals surface area contributed by atoms with Crippen LogP contribution in [0.4, 0.5) is 0 Å². The molecule has 0 spiro atoms. The first kappa shape index (κ1) is 24.1. The second kappa shape index (κ2) is 17.2. The van der Waals surface area contributed by atoms with E-state index in [2.05, 4.69) is 15.0 Å². The number of hydrogen-bond acceptors (Lipinski definition) is 5. The van der Waals surface area contributed by atoms with E-state index in [1.165, 1.54) is 0 Å². The number of rotatable bonds is 0. The molecule has 0 aliphatic heterocycles. The quantitative estimate of drug-likeness (QED) is 0.604. The minimum atomic E-state index is -5.25. The van der Waals surface area contributed by atoms with E-state index in [0.29, 0.717) is 0 Å². The molecule has 0 aliphatic carbocycles. The van der Waals surface area contributed by atoms with Gasteiger partial charge in [0.15, 0.2) is 0 Å². The van der Waals surface area contributed by atoms with Gasteiger partial charge in [-0.3, -0.25) is 15.0 Å². The van der Waals surface area contributed by atoms with Crippen molar-refractivity contribution in [2.45, 2.75) is 0 Å². The largest absolute Gasteiger partial charge is 0.265 e. The standard InChI is InChI=1S/3C5H5N.ClH.Cr.2H2O.2O/c3*1-2-4-6-5-3-1;;;;;;/h3*1-5H;1H;;2*1H2;;/q;;;;+2;;;;/p-2. The number of aromatic nitrogens is 3. The molecule has 7 nitrogen and oxygen atoms in total. The molecule has 9 heteroatoms. The van der Waals surface area contributed by atoms with Gasteiger partial charge in [-0.15, -0.1) is 12.4 Å². The summed E-state index contributed by atoms with van der Waals surface area (Å²) >= 11 is -5.25. The first-order valence-electron chi connectivity index (χ1n) is 6.25. The molecule has 3 aromatic heterocycles. The van der Waals surface area contributed by atoms with Gasteiger partial charge in [-0.1, -0.05) is 18.2 Å². The molecule has 0 saturated carbocycles. The Morgan fingerprint density at radius 2 is 0.667 bits per heavy atom. The summed E-state index contributed by atoms with van der Waals surface area (Å²) in [7, 11) is 0. The van der Waals surface area contributed by atoms with E-state index in [1.807, 2.05) is 54.6 Å². The van der Waals surface area contributed by atoms with E-state index < -0.39 is 13.6 Å². The molecule has 0 unspecified atom stereocenters. The van der Waals surface area contributed by atoms with Crippen molar-refractivity contribution < 1.29 is 29.5 Å². The van der Waals surface area contributed by atoms with Crippen molar-refractivity contribution in [2.75, 3.05) is 0 Å². The average molecular weight is 392 g/mol. The third-order valence-corrected chi connectivity index (χ3v) is 1.70. The smallest absolute Gasteiger partial charge is 0.0267 e. The molecule has 2 N–H and O–H groups in total. The Labute approximate surface area is 148 Å². The fourth-order valence-corrected chi connectivity index (χ4v) is 0.938. The molecule has 3 aromatic rings. The zero-order chi connectivity index (χ0) is 17.2. The number of nitrogens with zero attached hydrogens (tertiary/aromatic N) is 3. The Balaban J connectivity index is 0. The molecular weight excluding hydrogens is 374 g/mol. The molecule has 0 bridgehead atoms. The van der Waals surface area contributed by atoms with Crippen LogP contribution in [0.5, 0.6) is 0 Å². The van der Waals surface area contributed by atoms with Crippen LogP contribution in [0.3, 0.4) is 0 Å². The van der Waals surface area contributed by atoms with Crippen LogP contribution in [0.1, 0.15) is 0 Å². The Bertz CT molecular complexity index is 512. The SMILES string of the molecule is Cl.[O]=[Cr](=[O])([OH])[OH].c1ccncc1.c1ccncc1.c1ccncc1. The predicted molar refractivity (Wildman–Crippen MR) is 85.8 cm³/mol. The van der Waals surface area contributed by atoms with Gasteiger partial charge in [0.2, 0.25) is 0 Å². The number of pyridine rings is 3. The molecule has 0 amide bonds. The molecule has 0 radical (unpaired) electrons. The van der Waals surface area contributed by atoms with Crippen molar-refractivity contribution >= 4 is 12.4 Å². The average Bonchev–Trinajstić information content (AvgIpc) is 2.59. The van der Waals surface area contributed by atoms with Gasteiger partial charge >= 0.3 is 29.5 Å². The summed E-state index contributed by atoms with van der Waals surface area (Å²) < 4.78 is 31.9. The maximum Gasteiger partial charge on any atom is 0.0267 e. The van der Waals surface area contributed by atoms with Crippen LogP contribution in [0.15, 0.2) is 91.8 Å². The van der Waals surface area contributed by atoms with Crippen molar-refractivity contribution in [1.82, 2.24) is 15.0 Å². The van der Waals surface area contributed by atoms with E-state index in [4.69, 9.17) is 15.9 Å². The van der Waals surface area contributed by atoms with E-state index in [1.54, 1.807) is 37.2 Å². The summed E-state index contributed by atoms with van der Waals surface area (Å²) in [6.45, 7) is 0. The van der Waals surface area contributed by atoms with Gasteiger partial charge in [0.1, 0.15) is 0 Å². The van der Waals surface area contributed by atoms with Gasteiger partial charge in [0, 0.05) is 37.2 Å². The van der Waals surface area contributed by atoms with Crippen molar-refractivity contribution in [3.05, 3.63) is 91.8 Å². The molecule has 24 heavy (non-hydrogen) atoms. The van der Waals surface area contributed by atoms with Crippen molar-refractivity contribution in [3.63, 3.8) is 0 Å². The van der Waals surface area contributed by atoms with E-state index >= 15 is 0 Å². The molecule has 0 aromatic carbocycles. The van der Waals surface area contributed by atoms with Crippen LogP contribution in [0.2, 0.25) is 0 Å². The fraction of sp³-hybridized carbons (Fsp3) is 0. The second-order valence-electron chi connectivity index (χ2n) is 3.52. The summed E-state index contributed by atoms with van der Waals surface area (Å²) in [6.07, 6.45) is 10.5. The van der Waals surface area contributed by atoms with Gasteiger partial charge in [-0.2, -0.15) is 0 Å². The van der Waals surface area contributed by atoms with Gasteiger partial charge in [-0.25, -0.2) is 0 Å². The number of halogens is 1. The van der Waals surface area contributed by atoms with Crippen molar-refractivity contribution in [1.29, 1.82) is 0 Å². The Morgan fingerprint density at radius 1 is 0.500 bits per heavy atom. The maximum absolute atomic E-state index is 8.82. The third kappa shape index (κ3) is 28.0. The molecule has 0 saturated heterocycles. The summed E-state index contributed by atoms with van der Waals surface area (Å²) in [5.74, 6) is 0. The minimum absolute atomic E-state index is 0. The van der Waals surface area contributed by atoms with E-state index in [-0.39, 0.29) is 12.4 Å². The monoisotopic (exact) mass is 391 g/mol. The zero-order valence-corrected chi connectivity index (χ0v) is 14.6. The molecule has 3 heterocycles. The van der Waals surface area contributed by atoms with E-state index in [9.17, 15) is 0 Å². The Kier molecular flexibility index (Phi) is 17.2. The summed E-state index contributed by atoms with van der Waals surface area (Å²) in [5.41, 5.74) is 0. The third-order valence-electron chi connectivity index (χ3n) is 1.70. The molecule has 130 valence electrons. The molecule has 0 fully saturated rings. The molecule has 0 atom stereocenters. The van der Waals surface area contributed by atoms with Crippen LogP contribution in [0.25, 0.3) is 0 Å². The van der Waals surface area contributed by atoms with Crippen molar-refractivity contribution in [3.8, 4) is 0 Å². The summed E-state index contributed by atoms with van der Waals surface area (Å²) in [6, 6.07) is 17.1. The van der Waals surface area contributed by atoms with Crippen molar-refractivity contribution in [2.24, 2.45) is 0 Å². The second-order valence-corrected chi connectivity index (χ2v) is 4.92. The first-order valence-corrected chi connectivity index (χ1v) is 8.43. The molecule has 3 rings (SSSR count). The van der Waals surface area contributed by atoms with Gasteiger partial charge in [0.05, 0.1) is 0 Å². The van der Waals surface area contributed by atoms with Gasteiger partial charge < -0.3 is 0 Å². The maximum atomic E-state index is 8.82. The zero-order valence-electron chi connectivity index (χ0n) is 12.5.